The molecule has 0 saturated carbocycles. The van der Waals surface area contributed by atoms with E-state index in [0.29, 0.717) is 31.7 Å². The van der Waals surface area contributed by atoms with Crippen LogP contribution in [-0.4, -0.2) is 38.0 Å². The van der Waals surface area contributed by atoms with Crippen LogP contribution in [0.4, 0.5) is 10.2 Å². The van der Waals surface area contributed by atoms with Crippen LogP contribution in [0.5, 0.6) is 0 Å². The number of hydrogen-bond donors (Lipinski definition) is 0. The highest BCUT2D eigenvalue weighted by Crippen LogP contribution is 2.23. The van der Waals surface area contributed by atoms with Crippen molar-refractivity contribution in [3.05, 3.63) is 24.1 Å². The normalized spacial score (nSPS) is 18.4. The fourth-order valence-corrected chi connectivity index (χ4v) is 3.17. The Morgan fingerprint density at radius 1 is 1.41 bits per heavy atom. The van der Waals surface area contributed by atoms with Gasteiger partial charge in [-0.05, 0) is 25.0 Å². The summed E-state index contributed by atoms with van der Waals surface area (Å²) < 4.78 is 36.3. The number of halogens is 1. The van der Waals surface area contributed by atoms with Crippen molar-refractivity contribution in [2.45, 2.75) is 18.1 Å². The van der Waals surface area contributed by atoms with Crippen molar-refractivity contribution in [1.29, 1.82) is 0 Å². The first-order valence-electron chi connectivity index (χ1n) is 5.53. The number of pyridine rings is 1. The molecule has 4 nitrogen and oxygen atoms in total. The van der Waals surface area contributed by atoms with Crippen LogP contribution in [0.15, 0.2) is 18.3 Å². The first-order valence-corrected chi connectivity index (χ1v) is 7.48. The monoisotopic (exact) mass is 258 g/mol. The smallest absolute Gasteiger partial charge is 0.165 e. The maximum absolute atomic E-state index is 13.5. The van der Waals surface area contributed by atoms with E-state index < -0.39 is 9.84 Å². The van der Waals surface area contributed by atoms with Crippen molar-refractivity contribution >= 4 is 15.7 Å². The lowest BCUT2D eigenvalue weighted by atomic mass is 10.1. The molecule has 1 saturated heterocycles. The van der Waals surface area contributed by atoms with Crippen molar-refractivity contribution in [3.8, 4) is 0 Å². The van der Waals surface area contributed by atoms with Crippen LogP contribution in [0.3, 0.4) is 0 Å². The van der Waals surface area contributed by atoms with E-state index in [9.17, 15) is 12.8 Å². The Bertz CT molecular complexity index is 496. The van der Waals surface area contributed by atoms with Crippen molar-refractivity contribution in [2.75, 3.05) is 24.2 Å². The summed E-state index contributed by atoms with van der Waals surface area (Å²) in [6.07, 6.45) is 3.87. The highest BCUT2D eigenvalue weighted by molar-refractivity contribution is 7.91. The van der Waals surface area contributed by atoms with Gasteiger partial charge in [0.2, 0.25) is 0 Å². The Morgan fingerprint density at radius 2 is 2.06 bits per heavy atom. The molecule has 1 aromatic rings. The quantitative estimate of drug-likeness (QED) is 0.800. The van der Waals surface area contributed by atoms with Crippen molar-refractivity contribution in [2.24, 2.45) is 0 Å². The lowest BCUT2D eigenvalue weighted by Crippen LogP contribution is -2.39. The lowest BCUT2D eigenvalue weighted by Gasteiger charge is -2.31. The lowest BCUT2D eigenvalue weighted by molar-refractivity contribution is 0.523. The molecule has 0 atom stereocenters. The molecular formula is C11H15FN2O2S. The molecule has 0 radical (unpaired) electrons. The van der Waals surface area contributed by atoms with E-state index in [4.69, 9.17) is 0 Å². The molecule has 2 heterocycles. The van der Waals surface area contributed by atoms with Crippen molar-refractivity contribution in [3.63, 3.8) is 0 Å². The fourth-order valence-electron chi connectivity index (χ4n) is 2.11. The summed E-state index contributed by atoms with van der Waals surface area (Å²) in [6, 6.07) is 2.91. The number of aromatic nitrogens is 1. The average Bonchev–Trinajstić information content (AvgIpc) is 2.29. The van der Waals surface area contributed by atoms with Crippen LogP contribution >= 0.6 is 0 Å². The fraction of sp³-hybridized carbons (Fsp3) is 0.545. The summed E-state index contributed by atoms with van der Waals surface area (Å²) in [7, 11) is -2.98. The van der Waals surface area contributed by atoms with Gasteiger partial charge < -0.3 is 4.90 Å². The molecule has 17 heavy (non-hydrogen) atoms. The number of piperidine rings is 1. The molecule has 6 heteroatoms. The molecule has 0 aliphatic carbocycles. The van der Waals surface area contributed by atoms with E-state index in [1.807, 2.05) is 0 Å². The summed E-state index contributed by atoms with van der Waals surface area (Å²) in [5.74, 6) is -0.0373. The van der Waals surface area contributed by atoms with E-state index in [2.05, 4.69) is 4.98 Å². The SMILES string of the molecule is CS(=O)(=O)C1CCN(c2ncccc2F)CC1. The zero-order valence-electron chi connectivity index (χ0n) is 9.63. The Morgan fingerprint density at radius 3 is 2.59 bits per heavy atom. The van der Waals surface area contributed by atoms with Gasteiger partial charge in [-0.25, -0.2) is 17.8 Å². The van der Waals surface area contributed by atoms with E-state index >= 15 is 0 Å². The molecule has 2 rings (SSSR count). The Kier molecular flexibility index (Phi) is 3.33. The summed E-state index contributed by atoms with van der Waals surface area (Å²) in [4.78, 5) is 5.79. The van der Waals surface area contributed by atoms with Gasteiger partial charge in [0.15, 0.2) is 11.6 Å². The van der Waals surface area contributed by atoms with Crippen LogP contribution in [0, 0.1) is 5.82 Å². The molecule has 0 N–H and O–H groups in total. The average molecular weight is 258 g/mol. The maximum atomic E-state index is 13.5. The van der Waals surface area contributed by atoms with Crippen LogP contribution in [0.2, 0.25) is 0 Å². The number of sulfone groups is 1. The summed E-state index contributed by atoms with van der Waals surface area (Å²) >= 11 is 0. The Labute approximate surface area is 100 Å². The third-order valence-corrected chi connectivity index (χ3v) is 4.77. The van der Waals surface area contributed by atoms with Crippen molar-refractivity contribution in [1.82, 2.24) is 4.98 Å². The number of hydrogen-bond acceptors (Lipinski definition) is 4. The van der Waals surface area contributed by atoms with Crippen molar-refractivity contribution < 1.29 is 12.8 Å². The van der Waals surface area contributed by atoms with Gasteiger partial charge in [0, 0.05) is 25.5 Å². The molecule has 0 unspecified atom stereocenters. The summed E-state index contributed by atoms with van der Waals surface area (Å²) in [6.45, 7) is 1.07. The number of rotatable bonds is 2. The number of anilines is 1. The highest BCUT2D eigenvalue weighted by atomic mass is 32.2. The predicted molar refractivity (Wildman–Crippen MR) is 64.3 cm³/mol. The molecule has 0 aromatic carbocycles. The molecule has 94 valence electrons. The minimum absolute atomic E-state index is 0.300. The Hall–Kier alpha value is -1.17. The van der Waals surface area contributed by atoms with Gasteiger partial charge in [0.1, 0.15) is 9.84 Å². The van der Waals surface area contributed by atoms with E-state index in [1.165, 1.54) is 12.3 Å². The first kappa shape index (κ1) is 12.3. The largest absolute Gasteiger partial charge is 0.354 e. The predicted octanol–water partition coefficient (Wildman–Crippen LogP) is 1.23. The van der Waals surface area contributed by atoms with Gasteiger partial charge in [-0.1, -0.05) is 0 Å². The third kappa shape index (κ3) is 2.74. The van der Waals surface area contributed by atoms with Crippen LogP contribution < -0.4 is 4.90 Å². The molecule has 0 bridgehead atoms. The van der Waals surface area contributed by atoms with Gasteiger partial charge in [-0.15, -0.1) is 0 Å². The zero-order valence-corrected chi connectivity index (χ0v) is 10.5. The molecule has 1 aliphatic heterocycles. The molecule has 0 amide bonds. The maximum Gasteiger partial charge on any atom is 0.165 e. The zero-order chi connectivity index (χ0) is 12.5. The third-order valence-electron chi connectivity index (χ3n) is 3.09. The van der Waals surface area contributed by atoms with Gasteiger partial charge in [-0.2, -0.15) is 0 Å². The molecule has 0 spiro atoms. The van der Waals surface area contributed by atoms with Gasteiger partial charge >= 0.3 is 0 Å². The van der Waals surface area contributed by atoms with Gasteiger partial charge in [-0.3, -0.25) is 0 Å². The second kappa shape index (κ2) is 4.60. The second-order valence-electron chi connectivity index (χ2n) is 4.32. The second-order valence-corrected chi connectivity index (χ2v) is 6.65. The highest BCUT2D eigenvalue weighted by Gasteiger charge is 2.27. The minimum Gasteiger partial charge on any atom is -0.354 e. The molecular weight excluding hydrogens is 243 g/mol. The first-order chi connectivity index (χ1) is 7.98. The Balaban J connectivity index is 2.08. The van der Waals surface area contributed by atoms with Gasteiger partial charge in [0.25, 0.3) is 0 Å². The standard InChI is InChI=1S/C11H15FN2O2S/c1-17(15,16)9-4-7-14(8-5-9)11-10(12)3-2-6-13-11/h2-3,6,9H,4-5,7-8H2,1H3. The number of nitrogens with zero attached hydrogens (tertiary/aromatic N) is 2. The molecule has 1 aromatic heterocycles. The van der Waals surface area contributed by atoms with Crippen LogP contribution in [0.1, 0.15) is 12.8 Å². The van der Waals surface area contributed by atoms with E-state index in [1.54, 1.807) is 17.2 Å². The van der Waals surface area contributed by atoms with Gasteiger partial charge in [0.05, 0.1) is 5.25 Å². The van der Waals surface area contributed by atoms with E-state index in [-0.39, 0.29) is 11.1 Å². The topological polar surface area (TPSA) is 50.3 Å². The molecule has 1 fully saturated rings. The minimum atomic E-state index is -2.98. The summed E-state index contributed by atoms with van der Waals surface area (Å²) in [5, 5.41) is -0.300. The van der Waals surface area contributed by atoms with Crippen LogP contribution in [0.25, 0.3) is 0 Å². The van der Waals surface area contributed by atoms with E-state index in [0.717, 1.165) is 0 Å². The summed E-state index contributed by atoms with van der Waals surface area (Å²) in [5.41, 5.74) is 0. The molecule has 1 aliphatic rings. The van der Waals surface area contributed by atoms with Crippen LogP contribution in [-0.2, 0) is 9.84 Å².